The SMILES string of the molecule is CCc1ccccc1NC(=O)C(=O)N/N=C\c1cccc(OCc2ccccc2Cl)c1. The lowest BCUT2D eigenvalue weighted by Gasteiger charge is -2.09. The first kappa shape index (κ1) is 22.1. The molecule has 31 heavy (non-hydrogen) atoms. The van der Waals surface area contributed by atoms with Crippen molar-refractivity contribution < 1.29 is 14.3 Å². The lowest BCUT2D eigenvalue weighted by atomic mass is 10.1. The van der Waals surface area contributed by atoms with Crippen LogP contribution in [0.2, 0.25) is 5.02 Å². The lowest BCUT2D eigenvalue weighted by Crippen LogP contribution is -2.32. The van der Waals surface area contributed by atoms with Crippen LogP contribution in [0.1, 0.15) is 23.6 Å². The quantitative estimate of drug-likeness (QED) is 0.324. The van der Waals surface area contributed by atoms with Crippen LogP contribution in [0, 0.1) is 0 Å². The third-order valence-corrected chi connectivity index (χ3v) is 4.81. The minimum Gasteiger partial charge on any atom is -0.489 e. The van der Waals surface area contributed by atoms with Gasteiger partial charge in [0, 0.05) is 16.3 Å². The summed E-state index contributed by atoms with van der Waals surface area (Å²) in [6.45, 7) is 2.30. The number of anilines is 1. The molecule has 0 heterocycles. The van der Waals surface area contributed by atoms with Crippen LogP contribution >= 0.6 is 11.6 Å². The van der Waals surface area contributed by atoms with Crippen LogP contribution in [0.3, 0.4) is 0 Å². The second-order valence-corrected chi connectivity index (χ2v) is 7.02. The van der Waals surface area contributed by atoms with Gasteiger partial charge < -0.3 is 10.1 Å². The molecule has 0 fully saturated rings. The van der Waals surface area contributed by atoms with E-state index in [0.29, 0.717) is 28.6 Å². The fourth-order valence-corrected chi connectivity index (χ4v) is 3.00. The summed E-state index contributed by atoms with van der Waals surface area (Å²) in [6.07, 6.45) is 2.18. The van der Waals surface area contributed by atoms with E-state index in [2.05, 4.69) is 15.8 Å². The Morgan fingerprint density at radius 2 is 1.71 bits per heavy atom. The van der Waals surface area contributed by atoms with Gasteiger partial charge in [-0.3, -0.25) is 9.59 Å². The molecule has 3 aromatic carbocycles. The van der Waals surface area contributed by atoms with E-state index in [4.69, 9.17) is 16.3 Å². The molecule has 0 aromatic heterocycles. The number of benzene rings is 3. The molecular weight excluding hydrogens is 414 g/mol. The van der Waals surface area contributed by atoms with Gasteiger partial charge in [0.1, 0.15) is 12.4 Å². The number of carbonyl (C=O) groups is 2. The predicted octanol–water partition coefficient (Wildman–Crippen LogP) is 4.57. The summed E-state index contributed by atoms with van der Waals surface area (Å²) in [5.41, 5.74) is 5.37. The first-order valence-corrected chi connectivity index (χ1v) is 10.1. The van der Waals surface area contributed by atoms with Crippen LogP contribution in [0.15, 0.2) is 77.9 Å². The van der Waals surface area contributed by atoms with Gasteiger partial charge in [0.05, 0.1) is 6.21 Å². The van der Waals surface area contributed by atoms with Crippen molar-refractivity contribution in [3.63, 3.8) is 0 Å². The highest BCUT2D eigenvalue weighted by molar-refractivity contribution is 6.39. The average molecular weight is 436 g/mol. The molecule has 2 N–H and O–H groups in total. The molecule has 0 aliphatic heterocycles. The molecule has 3 aromatic rings. The highest BCUT2D eigenvalue weighted by Crippen LogP contribution is 2.19. The molecule has 2 amide bonds. The van der Waals surface area contributed by atoms with E-state index in [9.17, 15) is 9.59 Å². The maximum atomic E-state index is 12.1. The number of rotatable bonds is 7. The van der Waals surface area contributed by atoms with Gasteiger partial charge in [0.15, 0.2) is 0 Å². The van der Waals surface area contributed by atoms with Crippen molar-refractivity contribution in [2.75, 3.05) is 5.32 Å². The van der Waals surface area contributed by atoms with E-state index in [1.54, 1.807) is 30.3 Å². The number of halogens is 1. The Balaban J connectivity index is 1.54. The summed E-state index contributed by atoms with van der Waals surface area (Å²) < 4.78 is 5.77. The van der Waals surface area contributed by atoms with Crippen LogP contribution in [-0.2, 0) is 22.6 Å². The summed E-state index contributed by atoms with van der Waals surface area (Å²) in [7, 11) is 0. The Morgan fingerprint density at radius 3 is 2.48 bits per heavy atom. The molecule has 0 saturated carbocycles. The van der Waals surface area contributed by atoms with Crippen molar-refractivity contribution in [1.29, 1.82) is 0 Å². The zero-order valence-electron chi connectivity index (χ0n) is 17.0. The van der Waals surface area contributed by atoms with Crippen molar-refractivity contribution >= 4 is 35.3 Å². The number of hydrazone groups is 1. The normalized spacial score (nSPS) is 10.6. The molecule has 0 unspecified atom stereocenters. The van der Waals surface area contributed by atoms with E-state index < -0.39 is 11.8 Å². The molecule has 0 bridgehead atoms. The molecule has 0 atom stereocenters. The standard InChI is InChI=1S/C24H22ClN3O3/c1-2-18-9-4-6-13-22(18)27-23(29)24(30)28-26-15-17-8-7-11-20(14-17)31-16-19-10-3-5-12-21(19)25/h3-15H,2,16H2,1H3,(H,27,29)(H,28,30)/b26-15-. The Bertz CT molecular complexity index is 1100. The van der Waals surface area contributed by atoms with Crippen LogP contribution in [0.5, 0.6) is 5.75 Å². The average Bonchev–Trinajstić information content (AvgIpc) is 2.79. The lowest BCUT2D eigenvalue weighted by molar-refractivity contribution is -0.136. The minimum atomic E-state index is -0.853. The number of hydrogen-bond donors (Lipinski definition) is 2. The predicted molar refractivity (Wildman–Crippen MR) is 122 cm³/mol. The number of hydrogen-bond acceptors (Lipinski definition) is 4. The van der Waals surface area contributed by atoms with Crippen LogP contribution in [-0.4, -0.2) is 18.0 Å². The van der Waals surface area contributed by atoms with Gasteiger partial charge in [-0.2, -0.15) is 5.10 Å². The summed E-state index contributed by atoms with van der Waals surface area (Å²) in [6, 6.07) is 22.0. The summed E-state index contributed by atoms with van der Waals surface area (Å²) >= 11 is 6.14. The monoisotopic (exact) mass is 435 g/mol. The summed E-state index contributed by atoms with van der Waals surface area (Å²) in [5.74, 6) is -1.01. The molecule has 0 saturated heterocycles. The van der Waals surface area contributed by atoms with Gasteiger partial charge in [-0.25, -0.2) is 5.43 Å². The van der Waals surface area contributed by atoms with Crippen LogP contribution in [0.4, 0.5) is 5.69 Å². The second-order valence-electron chi connectivity index (χ2n) is 6.62. The fraction of sp³-hybridized carbons (Fsp3) is 0.125. The third-order valence-electron chi connectivity index (χ3n) is 4.44. The first-order valence-electron chi connectivity index (χ1n) is 9.75. The number of nitrogens with one attached hydrogen (secondary N) is 2. The van der Waals surface area contributed by atoms with Gasteiger partial charge in [-0.1, -0.05) is 67.1 Å². The molecule has 158 valence electrons. The van der Waals surface area contributed by atoms with Crippen molar-refractivity contribution in [2.24, 2.45) is 5.10 Å². The van der Waals surface area contributed by atoms with E-state index in [-0.39, 0.29) is 0 Å². The number of para-hydroxylation sites is 1. The topological polar surface area (TPSA) is 79.8 Å². The molecule has 3 rings (SSSR count). The van der Waals surface area contributed by atoms with E-state index in [1.165, 1.54) is 6.21 Å². The van der Waals surface area contributed by atoms with Gasteiger partial charge in [0.2, 0.25) is 0 Å². The Morgan fingerprint density at radius 1 is 0.968 bits per heavy atom. The minimum absolute atomic E-state index is 0.330. The van der Waals surface area contributed by atoms with E-state index in [0.717, 1.165) is 17.5 Å². The maximum Gasteiger partial charge on any atom is 0.329 e. The van der Waals surface area contributed by atoms with Gasteiger partial charge in [0.25, 0.3) is 0 Å². The van der Waals surface area contributed by atoms with Gasteiger partial charge in [-0.05, 0) is 41.8 Å². The molecule has 0 aliphatic carbocycles. The zero-order valence-corrected chi connectivity index (χ0v) is 17.7. The van der Waals surface area contributed by atoms with Crippen LogP contribution < -0.4 is 15.5 Å². The zero-order chi connectivity index (χ0) is 22.1. The number of amides is 2. The summed E-state index contributed by atoms with van der Waals surface area (Å²) in [4.78, 5) is 24.1. The van der Waals surface area contributed by atoms with Crippen molar-refractivity contribution in [1.82, 2.24) is 5.43 Å². The largest absolute Gasteiger partial charge is 0.489 e. The highest BCUT2D eigenvalue weighted by atomic mass is 35.5. The van der Waals surface area contributed by atoms with Gasteiger partial charge in [-0.15, -0.1) is 0 Å². The smallest absolute Gasteiger partial charge is 0.329 e. The maximum absolute atomic E-state index is 12.1. The number of carbonyl (C=O) groups excluding carboxylic acids is 2. The number of aryl methyl sites for hydroxylation is 1. The molecule has 0 radical (unpaired) electrons. The van der Waals surface area contributed by atoms with Crippen molar-refractivity contribution in [2.45, 2.75) is 20.0 Å². The number of ether oxygens (including phenoxy) is 1. The molecular formula is C24H22ClN3O3. The molecule has 7 heteroatoms. The summed E-state index contributed by atoms with van der Waals surface area (Å²) in [5, 5.41) is 7.10. The van der Waals surface area contributed by atoms with Crippen LogP contribution in [0.25, 0.3) is 0 Å². The molecule has 0 spiro atoms. The highest BCUT2D eigenvalue weighted by Gasteiger charge is 2.14. The first-order chi connectivity index (χ1) is 15.1. The van der Waals surface area contributed by atoms with E-state index >= 15 is 0 Å². The van der Waals surface area contributed by atoms with E-state index in [1.807, 2.05) is 49.4 Å². The second kappa shape index (κ2) is 10.9. The Kier molecular flexibility index (Phi) is 7.79. The fourth-order valence-electron chi connectivity index (χ4n) is 2.81. The van der Waals surface area contributed by atoms with Crippen molar-refractivity contribution in [3.8, 4) is 5.75 Å². The molecule has 6 nitrogen and oxygen atoms in total. The molecule has 0 aliphatic rings. The number of nitrogens with zero attached hydrogens (tertiary/aromatic N) is 1. The van der Waals surface area contributed by atoms with Gasteiger partial charge >= 0.3 is 11.8 Å². The Labute approximate surface area is 185 Å². The van der Waals surface area contributed by atoms with Crippen molar-refractivity contribution in [3.05, 3.63) is 94.5 Å². The Hall–Kier alpha value is -3.64. The third kappa shape index (κ3) is 6.42.